The zero-order valence-electron chi connectivity index (χ0n) is 12.2. The molecule has 2 aliphatic rings. The Kier molecular flexibility index (Phi) is 3.14. The molecule has 3 heterocycles. The number of sulfone groups is 2. The van der Waals surface area contributed by atoms with Crippen molar-refractivity contribution in [2.45, 2.75) is 23.8 Å². The van der Waals surface area contributed by atoms with Gasteiger partial charge < -0.3 is 5.32 Å². The first-order valence-corrected chi connectivity index (χ1v) is 10.8. The van der Waals surface area contributed by atoms with Crippen LogP contribution in [0.15, 0.2) is 23.4 Å². The zero-order chi connectivity index (χ0) is 16.2. The number of rotatable bonds is 2. The third kappa shape index (κ3) is 2.47. The average Bonchev–Trinajstić information content (AvgIpc) is 2.98. The van der Waals surface area contributed by atoms with Gasteiger partial charge in [0.1, 0.15) is 12.1 Å². The van der Waals surface area contributed by atoms with Crippen molar-refractivity contribution in [3.05, 3.63) is 24.0 Å². The van der Waals surface area contributed by atoms with Gasteiger partial charge in [-0.25, -0.2) is 26.8 Å². The number of fused-ring (bicyclic) bond motifs is 3. The molecule has 2 aliphatic heterocycles. The summed E-state index contributed by atoms with van der Waals surface area (Å²) in [6.07, 6.45) is 2.37. The standard InChI is InChI=1S/C14H15N3O4S2/c18-22(19)5-3-9(7-22)17-14-13-10-4-6-23(20,21)12(10)2-1-11(13)15-8-16-14/h1-2,8-9H,3-7H2,(H,15,16,17). The molecule has 1 atom stereocenters. The molecule has 0 aliphatic carbocycles. The van der Waals surface area contributed by atoms with Gasteiger partial charge in [0.05, 0.1) is 27.7 Å². The lowest BCUT2D eigenvalue weighted by Crippen LogP contribution is -2.21. The molecule has 0 bridgehead atoms. The molecule has 0 amide bonds. The molecule has 1 aromatic carbocycles. The lowest BCUT2D eigenvalue weighted by Gasteiger charge is -2.15. The molecule has 1 fully saturated rings. The van der Waals surface area contributed by atoms with Crippen LogP contribution in [0.2, 0.25) is 0 Å². The van der Waals surface area contributed by atoms with Gasteiger partial charge in [-0.3, -0.25) is 0 Å². The van der Waals surface area contributed by atoms with E-state index in [1.165, 1.54) is 6.33 Å². The molecule has 7 nitrogen and oxygen atoms in total. The van der Waals surface area contributed by atoms with Gasteiger partial charge in [-0.05, 0) is 30.5 Å². The van der Waals surface area contributed by atoms with E-state index in [9.17, 15) is 16.8 Å². The molecule has 1 aromatic heterocycles. The molecule has 1 saturated heterocycles. The predicted octanol–water partition coefficient (Wildman–Crippen LogP) is 0.559. The van der Waals surface area contributed by atoms with Gasteiger partial charge in [-0.2, -0.15) is 0 Å². The van der Waals surface area contributed by atoms with Crippen molar-refractivity contribution in [1.82, 2.24) is 9.97 Å². The van der Waals surface area contributed by atoms with Crippen LogP contribution in [0, 0.1) is 0 Å². The van der Waals surface area contributed by atoms with Crippen LogP contribution in [0.5, 0.6) is 0 Å². The molecule has 0 radical (unpaired) electrons. The van der Waals surface area contributed by atoms with E-state index in [0.717, 1.165) is 5.56 Å². The zero-order valence-corrected chi connectivity index (χ0v) is 13.8. The molecule has 9 heteroatoms. The SMILES string of the molecule is O=S1(=O)CCC(Nc2ncnc3ccc4c(c23)CCS4(=O)=O)C1. The second-order valence-corrected chi connectivity index (χ2v) is 10.3. The molecule has 0 saturated carbocycles. The second kappa shape index (κ2) is 4.88. The van der Waals surface area contributed by atoms with E-state index in [0.29, 0.717) is 34.5 Å². The number of hydrogen-bond donors (Lipinski definition) is 1. The smallest absolute Gasteiger partial charge is 0.179 e. The van der Waals surface area contributed by atoms with Gasteiger partial charge in [0, 0.05) is 11.4 Å². The topological polar surface area (TPSA) is 106 Å². The minimum Gasteiger partial charge on any atom is -0.366 e. The van der Waals surface area contributed by atoms with Crippen molar-refractivity contribution in [2.75, 3.05) is 22.6 Å². The van der Waals surface area contributed by atoms with E-state index < -0.39 is 19.7 Å². The van der Waals surface area contributed by atoms with Gasteiger partial charge in [0.15, 0.2) is 19.7 Å². The molecule has 0 spiro atoms. The largest absolute Gasteiger partial charge is 0.366 e. The highest BCUT2D eigenvalue weighted by atomic mass is 32.2. The fourth-order valence-electron chi connectivity index (χ4n) is 3.30. The number of hydrogen-bond acceptors (Lipinski definition) is 7. The van der Waals surface area contributed by atoms with Crippen LogP contribution < -0.4 is 5.32 Å². The van der Waals surface area contributed by atoms with Crippen LogP contribution in [0.25, 0.3) is 10.9 Å². The molecule has 1 unspecified atom stereocenters. The molecule has 4 rings (SSSR count). The van der Waals surface area contributed by atoms with Crippen molar-refractivity contribution < 1.29 is 16.8 Å². The summed E-state index contributed by atoms with van der Waals surface area (Å²) in [6, 6.07) is 3.07. The van der Waals surface area contributed by atoms with E-state index in [1.54, 1.807) is 12.1 Å². The number of anilines is 1. The fraction of sp³-hybridized carbons (Fsp3) is 0.429. The van der Waals surface area contributed by atoms with E-state index in [4.69, 9.17) is 0 Å². The third-order valence-electron chi connectivity index (χ3n) is 4.40. The summed E-state index contributed by atoms with van der Waals surface area (Å²) in [5.74, 6) is 0.852. The Balaban J connectivity index is 1.83. The highest BCUT2D eigenvalue weighted by Gasteiger charge is 2.31. The van der Waals surface area contributed by atoms with Gasteiger partial charge in [-0.1, -0.05) is 0 Å². The Morgan fingerprint density at radius 2 is 1.91 bits per heavy atom. The maximum absolute atomic E-state index is 12.1. The van der Waals surface area contributed by atoms with E-state index >= 15 is 0 Å². The third-order valence-corrected chi connectivity index (χ3v) is 7.96. The number of nitrogens with one attached hydrogen (secondary N) is 1. The van der Waals surface area contributed by atoms with Crippen LogP contribution in [0.1, 0.15) is 12.0 Å². The lowest BCUT2D eigenvalue weighted by molar-refractivity contribution is 0.599. The Hall–Kier alpha value is -1.74. The van der Waals surface area contributed by atoms with Crippen molar-refractivity contribution in [1.29, 1.82) is 0 Å². The Bertz CT molecular complexity index is 1020. The number of aromatic nitrogens is 2. The van der Waals surface area contributed by atoms with Gasteiger partial charge >= 0.3 is 0 Å². The summed E-state index contributed by atoms with van der Waals surface area (Å²) < 4.78 is 47.4. The minimum atomic E-state index is -3.24. The first-order valence-electron chi connectivity index (χ1n) is 7.32. The Morgan fingerprint density at radius 3 is 2.65 bits per heavy atom. The first kappa shape index (κ1) is 14.8. The molecule has 2 aromatic rings. The normalized spacial score (nSPS) is 24.6. The minimum absolute atomic E-state index is 0.0752. The summed E-state index contributed by atoms with van der Waals surface area (Å²) in [4.78, 5) is 8.77. The van der Waals surface area contributed by atoms with Gasteiger partial charge in [-0.15, -0.1) is 0 Å². The van der Waals surface area contributed by atoms with Crippen LogP contribution in [0.4, 0.5) is 5.82 Å². The predicted molar refractivity (Wildman–Crippen MR) is 86.0 cm³/mol. The monoisotopic (exact) mass is 353 g/mol. The first-order chi connectivity index (χ1) is 10.9. The highest BCUT2D eigenvalue weighted by Crippen LogP contribution is 2.35. The quantitative estimate of drug-likeness (QED) is 0.840. The van der Waals surface area contributed by atoms with Crippen LogP contribution in [-0.2, 0) is 26.1 Å². The van der Waals surface area contributed by atoms with Crippen molar-refractivity contribution >= 4 is 36.4 Å². The van der Waals surface area contributed by atoms with E-state index in [2.05, 4.69) is 15.3 Å². The Morgan fingerprint density at radius 1 is 1.09 bits per heavy atom. The summed E-state index contributed by atoms with van der Waals surface area (Å²) in [6.45, 7) is 0. The number of nitrogens with zero attached hydrogens (tertiary/aromatic N) is 2. The summed E-state index contributed by atoms with van der Waals surface area (Å²) in [7, 11) is -6.24. The highest BCUT2D eigenvalue weighted by molar-refractivity contribution is 7.92. The van der Waals surface area contributed by atoms with E-state index in [1.807, 2.05) is 0 Å². The van der Waals surface area contributed by atoms with Crippen molar-refractivity contribution in [3.63, 3.8) is 0 Å². The summed E-state index contributed by atoms with van der Waals surface area (Å²) in [5.41, 5.74) is 1.39. The van der Waals surface area contributed by atoms with Gasteiger partial charge in [0.2, 0.25) is 0 Å². The fourth-order valence-corrected chi connectivity index (χ4v) is 6.52. The molecular weight excluding hydrogens is 338 g/mol. The molecule has 23 heavy (non-hydrogen) atoms. The lowest BCUT2D eigenvalue weighted by atomic mass is 10.1. The van der Waals surface area contributed by atoms with Crippen LogP contribution in [-0.4, -0.2) is 50.1 Å². The molecule has 1 N–H and O–H groups in total. The molecular formula is C14H15N3O4S2. The summed E-state index contributed by atoms with van der Waals surface area (Å²) >= 11 is 0. The average molecular weight is 353 g/mol. The Labute approximate surface area is 134 Å². The molecule has 122 valence electrons. The van der Waals surface area contributed by atoms with Gasteiger partial charge in [0.25, 0.3) is 0 Å². The van der Waals surface area contributed by atoms with Crippen molar-refractivity contribution in [2.24, 2.45) is 0 Å². The van der Waals surface area contributed by atoms with E-state index in [-0.39, 0.29) is 23.3 Å². The van der Waals surface area contributed by atoms with Crippen LogP contribution in [0.3, 0.4) is 0 Å². The second-order valence-electron chi connectivity index (χ2n) is 5.97. The maximum atomic E-state index is 12.1. The number of aryl methyl sites for hydroxylation is 1. The summed E-state index contributed by atoms with van der Waals surface area (Å²) in [5, 5.41) is 3.86. The van der Waals surface area contributed by atoms with Crippen LogP contribution >= 0.6 is 0 Å². The number of benzene rings is 1. The maximum Gasteiger partial charge on any atom is 0.179 e. The van der Waals surface area contributed by atoms with Crippen molar-refractivity contribution in [3.8, 4) is 0 Å².